The zero-order chi connectivity index (χ0) is 20.4. The van der Waals surface area contributed by atoms with Crippen LogP contribution in [0.1, 0.15) is 19.8 Å². The molecule has 7 nitrogen and oxygen atoms in total. The molecule has 0 unspecified atom stereocenters. The molecule has 1 aliphatic heterocycles. The Labute approximate surface area is 167 Å². The summed E-state index contributed by atoms with van der Waals surface area (Å²) in [4.78, 5) is 6.58. The highest BCUT2D eigenvalue weighted by atomic mass is 16.5. The number of nitrogens with one attached hydrogen (secondary N) is 2. The number of aliphatic hydroxyl groups excluding tert-OH is 1. The predicted octanol–water partition coefficient (Wildman–Crippen LogP) is 2.61. The highest BCUT2D eigenvalue weighted by Crippen LogP contribution is 2.30. The summed E-state index contributed by atoms with van der Waals surface area (Å²) in [5, 5.41) is 16.4. The second-order valence-electron chi connectivity index (χ2n) is 6.77. The van der Waals surface area contributed by atoms with Crippen molar-refractivity contribution >= 4 is 11.5 Å². The van der Waals surface area contributed by atoms with Gasteiger partial charge in [0.2, 0.25) is 0 Å². The minimum Gasteiger partial charge on any atom is -0.493 e. The number of allylic oxidation sites excluding steroid dienone is 1. The minimum absolute atomic E-state index is 0.220. The van der Waals surface area contributed by atoms with E-state index < -0.39 is 6.10 Å². The molecule has 0 aromatic heterocycles. The summed E-state index contributed by atoms with van der Waals surface area (Å²) in [6, 6.07) is 5.56. The van der Waals surface area contributed by atoms with Crippen LogP contribution in [-0.4, -0.2) is 62.3 Å². The van der Waals surface area contributed by atoms with Gasteiger partial charge in [-0.3, -0.25) is 0 Å². The molecule has 1 atom stereocenters. The fraction of sp³-hybridized carbons (Fsp3) is 0.476. The van der Waals surface area contributed by atoms with E-state index in [1.807, 2.05) is 32.2 Å². The van der Waals surface area contributed by atoms with Crippen LogP contribution in [0.15, 0.2) is 47.7 Å². The number of aliphatic hydroxyl groups is 1. The maximum Gasteiger partial charge on any atom is 0.163 e. The summed E-state index contributed by atoms with van der Waals surface area (Å²) < 4.78 is 11.2. The Balaban J connectivity index is 1.95. The van der Waals surface area contributed by atoms with Gasteiger partial charge >= 0.3 is 0 Å². The van der Waals surface area contributed by atoms with E-state index in [-0.39, 0.29) is 6.61 Å². The van der Waals surface area contributed by atoms with Crippen LogP contribution in [0.3, 0.4) is 0 Å². The average molecular weight is 389 g/mol. The monoisotopic (exact) mass is 388 g/mol. The molecule has 1 heterocycles. The number of hydrogen-bond acceptors (Lipinski definition) is 6. The van der Waals surface area contributed by atoms with Gasteiger partial charge in [-0.15, -0.1) is 0 Å². The zero-order valence-electron chi connectivity index (χ0n) is 17.1. The van der Waals surface area contributed by atoms with Gasteiger partial charge in [0.05, 0.1) is 7.11 Å². The summed E-state index contributed by atoms with van der Waals surface area (Å²) in [7, 11) is 3.41. The lowest BCUT2D eigenvalue weighted by Gasteiger charge is -2.20. The fourth-order valence-corrected chi connectivity index (χ4v) is 2.93. The van der Waals surface area contributed by atoms with E-state index in [0.29, 0.717) is 18.0 Å². The van der Waals surface area contributed by atoms with Gasteiger partial charge in [-0.25, -0.2) is 4.99 Å². The van der Waals surface area contributed by atoms with Crippen LogP contribution in [0.2, 0.25) is 0 Å². The zero-order valence-corrected chi connectivity index (χ0v) is 17.1. The first-order chi connectivity index (χ1) is 13.5. The fourth-order valence-electron chi connectivity index (χ4n) is 2.93. The molecule has 1 aromatic carbocycles. The Bertz CT molecular complexity index is 697. The SMILES string of the molecule is C=C(/C=C\N=C(/C)Nc1ccc(OC)c(OC[C@H](O)CN2CCCC2)c1)NC. The number of likely N-dealkylation sites (tertiary alicyclic amines) is 1. The molecule has 0 bridgehead atoms. The lowest BCUT2D eigenvalue weighted by molar-refractivity contribution is 0.0747. The Morgan fingerprint density at radius 3 is 2.79 bits per heavy atom. The average Bonchev–Trinajstić information content (AvgIpc) is 3.19. The van der Waals surface area contributed by atoms with Gasteiger partial charge < -0.3 is 30.1 Å². The Hall–Kier alpha value is -2.51. The first-order valence-corrected chi connectivity index (χ1v) is 9.57. The smallest absolute Gasteiger partial charge is 0.163 e. The number of benzene rings is 1. The van der Waals surface area contributed by atoms with Crippen LogP contribution < -0.4 is 20.1 Å². The molecule has 7 heteroatoms. The van der Waals surface area contributed by atoms with Crippen LogP contribution in [0.5, 0.6) is 11.5 Å². The van der Waals surface area contributed by atoms with E-state index in [9.17, 15) is 5.11 Å². The quantitative estimate of drug-likeness (QED) is 0.325. The van der Waals surface area contributed by atoms with Gasteiger partial charge in [-0.1, -0.05) is 6.58 Å². The van der Waals surface area contributed by atoms with E-state index in [0.717, 1.165) is 30.3 Å². The molecule has 0 radical (unpaired) electrons. The molecule has 154 valence electrons. The largest absolute Gasteiger partial charge is 0.493 e. The second-order valence-corrected chi connectivity index (χ2v) is 6.77. The maximum atomic E-state index is 10.2. The minimum atomic E-state index is -0.534. The van der Waals surface area contributed by atoms with Crippen molar-refractivity contribution < 1.29 is 14.6 Å². The van der Waals surface area contributed by atoms with Crippen molar-refractivity contribution in [3.63, 3.8) is 0 Å². The van der Waals surface area contributed by atoms with Crippen molar-refractivity contribution in [2.75, 3.05) is 45.7 Å². The summed E-state index contributed by atoms with van der Waals surface area (Å²) >= 11 is 0. The van der Waals surface area contributed by atoms with Crippen molar-refractivity contribution in [2.45, 2.75) is 25.9 Å². The molecular formula is C21H32N4O3. The first kappa shape index (κ1) is 21.8. The van der Waals surface area contributed by atoms with Crippen LogP contribution in [0.25, 0.3) is 0 Å². The van der Waals surface area contributed by atoms with Gasteiger partial charge in [0, 0.05) is 37.2 Å². The molecule has 0 amide bonds. The standard InChI is InChI=1S/C21H32N4O3/c1-16(22-3)9-10-23-17(2)24-18-7-8-20(27-4)21(13-18)28-15-19(26)14-25-11-5-6-12-25/h7-10,13,19,22,26H,1,5-6,11-12,14-15H2,2-4H3,(H,23,24)/b10-9-/t19-/m1/s1. The van der Waals surface area contributed by atoms with E-state index >= 15 is 0 Å². The number of anilines is 1. The number of nitrogens with zero attached hydrogens (tertiary/aromatic N) is 2. The summed E-state index contributed by atoms with van der Waals surface area (Å²) in [6.45, 7) is 8.64. The molecular weight excluding hydrogens is 356 g/mol. The molecule has 2 rings (SSSR count). The third kappa shape index (κ3) is 7.25. The molecule has 1 aromatic rings. The number of hydrogen-bond donors (Lipinski definition) is 3. The van der Waals surface area contributed by atoms with E-state index in [1.165, 1.54) is 12.8 Å². The van der Waals surface area contributed by atoms with Gasteiger partial charge in [-0.2, -0.15) is 0 Å². The van der Waals surface area contributed by atoms with Crippen LogP contribution in [0.4, 0.5) is 5.69 Å². The molecule has 1 aliphatic rings. The number of rotatable bonds is 10. The first-order valence-electron chi connectivity index (χ1n) is 9.57. The third-order valence-corrected chi connectivity index (χ3v) is 4.45. The number of aliphatic imine (C=N–C) groups is 1. The van der Waals surface area contributed by atoms with Crippen molar-refractivity contribution in [1.29, 1.82) is 0 Å². The van der Waals surface area contributed by atoms with Gasteiger partial charge in [-0.05, 0) is 51.1 Å². The van der Waals surface area contributed by atoms with Crippen LogP contribution >= 0.6 is 0 Å². The van der Waals surface area contributed by atoms with Crippen LogP contribution in [0, 0.1) is 0 Å². The van der Waals surface area contributed by atoms with Crippen LogP contribution in [-0.2, 0) is 0 Å². The molecule has 0 aliphatic carbocycles. The number of amidine groups is 1. The number of ether oxygens (including phenoxy) is 2. The predicted molar refractivity (Wildman–Crippen MR) is 114 cm³/mol. The number of β-amino-alcohol motifs (C(OH)–C–C–N with tert-alkyl or cyclic N) is 1. The molecule has 1 saturated heterocycles. The van der Waals surface area contributed by atoms with E-state index in [4.69, 9.17) is 9.47 Å². The lowest BCUT2D eigenvalue weighted by Crippen LogP contribution is -2.33. The van der Waals surface area contributed by atoms with Crippen molar-refractivity contribution in [1.82, 2.24) is 10.2 Å². The topological polar surface area (TPSA) is 78.4 Å². The molecule has 28 heavy (non-hydrogen) atoms. The van der Waals surface area contributed by atoms with Gasteiger partial charge in [0.25, 0.3) is 0 Å². The summed E-state index contributed by atoms with van der Waals surface area (Å²) in [6.07, 6.45) is 5.34. The Morgan fingerprint density at radius 2 is 2.11 bits per heavy atom. The van der Waals surface area contributed by atoms with Crippen molar-refractivity contribution in [3.8, 4) is 11.5 Å². The summed E-state index contributed by atoms with van der Waals surface area (Å²) in [5.74, 6) is 1.93. The highest BCUT2D eigenvalue weighted by Gasteiger charge is 2.17. The highest BCUT2D eigenvalue weighted by molar-refractivity contribution is 5.94. The molecule has 0 saturated carbocycles. The third-order valence-electron chi connectivity index (χ3n) is 4.45. The van der Waals surface area contributed by atoms with Crippen molar-refractivity contribution in [3.05, 3.63) is 42.8 Å². The van der Waals surface area contributed by atoms with E-state index in [2.05, 4.69) is 27.1 Å². The summed E-state index contributed by atoms with van der Waals surface area (Å²) in [5.41, 5.74) is 1.61. The Kier molecular flexibility index (Phi) is 8.84. The van der Waals surface area contributed by atoms with Gasteiger partial charge in [0.15, 0.2) is 11.5 Å². The van der Waals surface area contributed by atoms with E-state index in [1.54, 1.807) is 19.4 Å². The molecule has 0 spiro atoms. The van der Waals surface area contributed by atoms with Gasteiger partial charge in [0.1, 0.15) is 18.5 Å². The lowest BCUT2D eigenvalue weighted by atomic mass is 10.2. The normalized spacial score (nSPS) is 16.2. The molecule has 1 fully saturated rings. The maximum absolute atomic E-state index is 10.2. The Morgan fingerprint density at radius 1 is 1.36 bits per heavy atom. The number of methoxy groups -OCH3 is 1. The van der Waals surface area contributed by atoms with Crippen molar-refractivity contribution in [2.24, 2.45) is 4.99 Å². The second kappa shape index (κ2) is 11.4. The number of likely N-dealkylation sites (N-methyl/N-ethyl adjacent to an activating group) is 1. The molecule has 3 N–H and O–H groups in total.